The number of ether oxygens (including phenoxy) is 1. The number of hydrogen-bond donors (Lipinski definition) is 1. The van der Waals surface area contributed by atoms with E-state index in [0.29, 0.717) is 18.4 Å². The summed E-state index contributed by atoms with van der Waals surface area (Å²) in [6.45, 7) is 4.95. The first kappa shape index (κ1) is 14.0. The monoisotopic (exact) mass is 279 g/mol. The van der Waals surface area contributed by atoms with Crippen LogP contribution >= 0.6 is 12.4 Å². The number of furan rings is 1. The van der Waals surface area contributed by atoms with E-state index in [0.717, 1.165) is 29.7 Å². The third-order valence-electron chi connectivity index (χ3n) is 3.59. The van der Waals surface area contributed by atoms with Gasteiger partial charge in [0, 0.05) is 10.9 Å². The molecule has 4 heteroatoms. The Balaban J connectivity index is 0.00000133. The molecule has 1 heterocycles. The first-order chi connectivity index (χ1) is 8.85. The highest BCUT2D eigenvalue weighted by Gasteiger charge is 2.40. The molecule has 0 amide bonds. The number of benzene rings is 1. The Morgan fingerprint density at radius 1 is 1.42 bits per heavy atom. The molecule has 0 radical (unpaired) electrons. The molecule has 2 atom stereocenters. The molecule has 1 fully saturated rings. The lowest BCUT2D eigenvalue weighted by atomic mass is 10.0. The molecule has 3 rings (SSSR count). The maximum atomic E-state index is 5.76. The van der Waals surface area contributed by atoms with Gasteiger partial charge in [0.1, 0.15) is 17.9 Å². The second kappa shape index (κ2) is 5.68. The first-order valence-corrected chi connectivity index (χ1v) is 6.29. The van der Waals surface area contributed by atoms with Crippen molar-refractivity contribution < 1.29 is 9.15 Å². The first-order valence-electron chi connectivity index (χ1n) is 6.29. The number of rotatable bonds is 5. The molecule has 0 bridgehead atoms. The zero-order valence-corrected chi connectivity index (χ0v) is 11.5. The second-order valence-corrected chi connectivity index (χ2v) is 4.75. The van der Waals surface area contributed by atoms with Gasteiger partial charge in [0.25, 0.3) is 0 Å². The van der Waals surface area contributed by atoms with Gasteiger partial charge >= 0.3 is 0 Å². The van der Waals surface area contributed by atoms with Gasteiger partial charge < -0.3 is 14.9 Å². The molecule has 1 aromatic carbocycles. The quantitative estimate of drug-likeness (QED) is 0.853. The summed E-state index contributed by atoms with van der Waals surface area (Å²) < 4.78 is 11.2. The number of hydrogen-bond acceptors (Lipinski definition) is 3. The smallest absolute Gasteiger partial charge is 0.134 e. The Hall–Kier alpha value is -1.45. The van der Waals surface area contributed by atoms with Crippen molar-refractivity contribution in [3.63, 3.8) is 0 Å². The zero-order valence-electron chi connectivity index (χ0n) is 10.7. The van der Waals surface area contributed by atoms with Crippen molar-refractivity contribution in [3.8, 4) is 5.75 Å². The van der Waals surface area contributed by atoms with Crippen molar-refractivity contribution in [2.75, 3.05) is 13.2 Å². The lowest BCUT2D eigenvalue weighted by Crippen LogP contribution is -2.03. The molecule has 1 aliphatic carbocycles. The van der Waals surface area contributed by atoms with Crippen LogP contribution in [0, 0.1) is 5.92 Å². The maximum absolute atomic E-state index is 5.76. The molecule has 2 aromatic rings. The molecule has 0 aliphatic heterocycles. The van der Waals surface area contributed by atoms with Crippen LogP contribution in [0.15, 0.2) is 41.5 Å². The lowest BCUT2D eigenvalue weighted by molar-refractivity contribution is 0.359. The van der Waals surface area contributed by atoms with Crippen molar-refractivity contribution in [1.82, 2.24) is 0 Å². The summed E-state index contributed by atoms with van der Waals surface area (Å²) in [4.78, 5) is 0. The molecular formula is C15H18ClNO2. The van der Waals surface area contributed by atoms with Crippen LogP contribution in [0.1, 0.15) is 17.9 Å². The normalized spacial score (nSPS) is 20.9. The van der Waals surface area contributed by atoms with E-state index in [1.54, 1.807) is 12.3 Å². The van der Waals surface area contributed by atoms with Crippen molar-refractivity contribution in [1.29, 1.82) is 0 Å². The van der Waals surface area contributed by atoms with Crippen molar-refractivity contribution in [2.45, 2.75) is 12.3 Å². The summed E-state index contributed by atoms with van der Waals surface area (Å²) in [5, 5.41) is 1.15. The van der Waals surface area contributed by atoms with Gasteiger partial charge in [-0.05, 0) is 43.0 Å². The Kier molecular flexibility index (Phi) is 4.17. The van der Waals surface area contributed by atoms with Crippen LogP contribution in [0.4, 0.5) is 0 Å². The summed E-state index contributed by atoms with van der Waals surface area (Å²) in [6.07, 6.45) is 4.63. The van der Waals surface area contributed by atoms with Crippen LogP contribution in [0.25, 0.3) is 11.0 Å². The highest BCUT2D eigenvalue weighted by atomic mass is 35.5. The lowest BCUT2D eigenvalue weighted by Gasteiger charge is -2.11. The highest BCUT2D eigenvalue weighted by molar-refractivity contribution is 5.85. The molecule has 19 heavy (non-hydrogen) atoms. The van der Waals surface area contributed by atoms with Gasteiger partial charge in [0.15, 0.2) is 0 Å². The average Bonchev–Trinajstić information content (AvgIpc) is 3.02. The van der Waals surface area contributed by atoms with Gasteiger partial charge in [-0.1, -0.05) is 12.7 Å². The number of halogens is 1. The highest BCUT2D eigenvalue weighted by Crippen LogP contribution is 2.52. The van der Waals surface area contributed by atoms with E-state index < -0.39 is 0 Å². The summed E-state index contributed by atoms with van der Waals surface area (Å²) in [6, 6.07) is 5.95. The fourth-order valence-electron chi connectivity index (χ4n) is 2.57. The van der Waals surface area contributed by atoms with Gasteiger partial charge in [-0.2, -0.15) is 0 Å². The summed E-state index contributed by atoms with van der Waals surface area (Å²) >= 11 is 0. The van der Waals surface area contributed by atoms with E-state index in [1.165, 1.54) is 5.56 Å². The standard InChI is InChI=1S/C15H17NO2.ClH/c1-2-6-17-14-4-3-13-11(5-7-18-13)15(14)12-8-10(12)9-16;/h2-5,7,10,12H,1,6,8-9,16H2;1H/t10-,12+;/m1./s1. The van der Waals surface area contributed by atoms with Gasteiger partial charge in [0.2, 0.25) is 0 Å². The SMILES string of the molecule is C=CCOc1ccc2occc2c1[C@H]1C[C@@H]1CN.Cl. The largest absolute Gasteiger partial charge is 0.489 e. The van der Waals surface area contributed by atoms with E-state index >= 15 is 0 Å². The van der Waals surface area contributed by atoms with Crippen molar-refractivity contribution >= 4 is 23.4 Å². The van der Waals surface area contributed by atoms with Crippen LogP contribution in [-0.2, 0) is 0 Å². The molecule has 1 saturated carbocycles. The molecule has 1 aliphatic rings. The number of nitrogens with two attached hydrogens (primary N) is 1. The van der Waals surface area contributed by atoms with E-state index in [2.05, 4.69) is 6.58 Å². The fraction of sp³-hybridized carbons (Fsp3) is 0.333. The van der Waals surface area contributed by atoms with Gasteiger partial charge in [-0.25, -0.2) is 0 Å². The molecule has 102 valence electrons. The molecular weight excluding hydrogens is 262 g/mol. The van der Waals surface area contributed by atoms with Crippen molar-refractivity contribution in [3.05, 3.63) is 42.7 Å². The second-order valence-electron chi connectivity index (χ2n) is 4.75. The Labute approximate surface area is 118 Å². The van der Waals surface area contributed by atoms with Crippen LogP contribution < -0.4 is 10.5 Å². The molecule has 1 aromatic heterocycles. The molecule has 0 spiro atoms. The predicted molar refractivity (Wildman–Crippen MR) is 79.1 cm³/mol. The minimum atomic E-state index is 0. The van der Waals surface area contributed by atoms with E-state index in [-0.39, 0.29) is 12.4 Å². The van der Waals surface area contributed by atoms with Crippen LogP contribution in [0.3, 0.4) is 0 Å². The minimum absolute atomic E-state index is 0. The van der Waals surface area contributed by atoms with Crippen molar-refractivity contribution in [2.24, 2.45) is 11.7 Å². The van der Waals surface area contributed by atoms with Gasteiger partial charge in [0.05, 0.1) is 6.26 Å². The van der Waals surface area contributed by atoms with E-state index in [4.69, 9.17) is 14.9 Å². The Bertz CT molecular complexity index is 579. The third-order valence-corrected chi connectivity index (χ3v) is 3.59. The molecule has 0 unspecified atom stereocenters. The summed E-state index contributed by atoms with van der Waals surface area (Å²) in [5.41, 5.74) is 7.91. The summed E-state index contributed by atoms with van der Waals surface area (Å²) in [7, 11) is 0. The van der Waals surface area contributed by atoms with E-state index in [9.17, 15) is 0 Å². The topological polar surface area (TPSA) is 48.4 Å². The average molecular weight is 280 g/mol. The zero-order chi connectivity index (χ0) is 12.5. The molecule has 2 N–H and O–H groups in total. The van der Waals surface area contributed by atoms with Crippen LogP contribution in [-0.4, -0.2) is 13.2 Å². The predicted octanol–water partition coefficient (Wildman–Crippen LogP) is 3.48. The molecule has 3 nitrogen and oxygen atoms in total. The number of fused-ring (bicyclic) bond motifs is 1. The minimum Gasteiger partial charge on any atom is -0.489 e. The van der Waals surface area contributed by atoms with Gasteiger partial charge in [-0.15, -0.1) is 12.4 Å². The summed E-state index contributed by atoms with van der Waals surface area (Å²) in [5.74, 6) is 2.03. The Morgan fingerprint density at radius 3 is 2.95 bits per heavy atom. The van der Waals surface area contributed by atoms with Gasteiger partial charge in [-0.3, -0.25) is 0 Å². The van der Waals surface area contributed by atoms with E-state index in [1.807, 2.05) is 18.2 Å². The Morgan fingerprint density at radius 2 is 2.26 bits per heavy atom. The van der Waals surface area contributed by atoms with Crippen LogP contribution in [0.5, 0.6) is 5.75 Å². The fourth-order valence-corrected chi connectivity index (χ4v) is 2.57. The third kappa shape index (κ3) is 2.48. The van der Waals surface area contributed by atoms with Crippen LogP contribution in [0.2, 0.25) is 0 Å². The molecule has 0 saturated heterocycles. The maximum Gasteiger partial charge on any atom is 0.134 e.